The predicted octanol–water partition coefficient (Wildman–Crippen LogP) is 2.60. The molecule has 7 heteroatoms. The van der Waals surface area contributed by atoms with Crippen molar-refractivity contribution in [3.05, 3.63) is 82.4 Å². The molecular weight excluding hydrogens is 359 g/mol. The second kappa shape index (κ2) is 7.75. The highest BCUT2D eigenvalue weighted by Crippen LogP contribution is 2.28. The van der Waals surface area contributed by atoms with Crippen LogP contribution in [0.15, 0.2) is 65.5 Å². The number of para-hydroxylation sites is 1. The monoisotopic (exact) mass is 378 g/mol. The number of aliphatic hydroxyl groups is 1. The van der Waals surface area contributed by atoms with E-state index in [0.717, 1.165) is 16.6 Å². The predicted molar refractivity (Wildman–Crippen MR) is 106 cm³/mol. The quantitative estimate of drug-likeness (QED) is 0.451. The third-order valence-electron chi connectivity index (χ3n) is 4.49. The number of rotatable bonds is 6. The first-order valence-corrected chi connectivity index (χ1v) is 8.95. The van der Waals surface area contributed by atoms with Gasteiger partial charge in [0.2, 0.25) is 0 Å². The van der Waals surface area contributed by atoms with Crippen molar-refractivity contribution in [3.8, 4) is 16.9 Å². The molecule has 0 fully saturated rings. The van der Waals surface area contributed by atoms with Crippen LogP contribution < -0.4 is 10.9 Å². The second-order valence-corrected chi connectivity index (χ2v) is 6.39. The zero-order chi connectivity index (χ0) is 19.5. The molecule has 0 atom stereocenters. The van der Waals surface area contributed by atoms with E-state index >= 15 is 0 Å². The van der Waals surface area contributed by atoms with Gasteiger partial charge in [-0.1, -0.05) is 18.2 Å². The highest BCUT2D eigenvalue weighted by Gasteiger charge is 2.16. The Labute approximate surface area is 160 Å². The summed E-state index contributed by atoms with van der Waals surface area (Å²) in [4.78, 5) is 15.5. The van der Waals surface area contributed by atoms with E-state index in [1.807, 2.05) is 30.3 Å². The van der Waals surface area contributed by atoms with Crippen molar-refractivity contribution in [2.75, 3.05) is 13.2 Å². The standard InChI is InChI=1S/C21H19FN4O2/c22-16-8-6-14(7-9-16)19-18-12-15(13-23-10-11-27)21(28)24-20(18)26(25-19)17-4-2-1-3-5-17/h1-9,12,23,27H,10-11,13H2,(H,24,28). The van der Waals surface area contributed by atoms with Gasteiger partial charge in [0.25, 0.3) is 5.56 Å². The van der Waals surface area contributed by atoms with E-state index in [1.54, 1.807) is 22.9 Å². The Morgan fingerprint density at radius 2 is 1.86 bits per heavy atom. The Bertz CT molecular complexity index is 1150. The van der Waals surface area contributed by atoms with Crippen molar-refractivity contribution in [3.63, 3.8) is 0 Å². The highest BCUT2D eigenvalue weighted by molar-refractivity contribution is 5.92. The maximum Gasteiger partial charge on any atom is 0.254 e. The van der Waals surface area contributed by atoms with Crippen molar-refractivity contribution in [1.82, 2.24) is 20.1 Å². The van der Waals surface area contributed by atoms with E-state index in [4.69, 9.17) is 10.2 Å². The van der Waals surface area contributed by atoms with Gasteiger partial charge in [-0.15, -0.1) is 0 Å². The molecule has 142 valence electrons. The van der Waals surface area contributed by atoms with Crippen LogP contribution in [-0.4, -0.2) is 33.0 Å². The molecule has 3 N–H and O–H groups in total. The van der Waals surface area contributed by atoms with E-state index in [0.29, 0.717) is 30.0 Å². The molecule has 2 aromatic carbocycles. The van der Waals surface area contributed by atoms with Gasteiger partial charge in [-0.05, 0) is 42.5 Å². The third-order valence-corrected chi connectivity index (χ3v) is 4.49. The molecule has 28 heavy (non-hydrogen) atoms. The number of aliphatic hydroxyl groups excluding tert-OH is 1. The van der Waals surface area contributed by atoms with Crippen molar-refractivity contribution < 1.29 is 9.50 Å². The van der Waals surface area contributed by atoms with Crippen molar-refractivity contribution >= 4 is 11.0 Å². The number of hydrogen-bond donors (Lipinski definition) is 3. The summed E-state index contributed by atoms with van der Waals surface area (Å²) in [7, 11) is 0. The SMILES string of the molecule is O=c1[nH]c2c(cc1CNCCO)c(-c1ccc(F)cc1)nn2-c1ccccc1. The van der Waals surface area contributed by atoms with Crippen molar-refractivity contribution in [2.24, 2.45) is 0 Å². The average molecular weight is 378 g/mol. The van der Waals surface area contributed by atoms with E-state index in [-0.39, 0.29) is 18.0 Å². The van der Waals surface area contributed by atoms with Crippen LogP contribution in [0.3, 0.4) is 0 Å². The van der Waals surface area contributed by atoms with Gasteiger partial charge in [-0.2, -0.15) is 5.10 Å². The van der Waals surface area contributed by atoms with Crippen molar-refractivity contribution in [2.45, 2.75) is 6.54 Å². The molecule has 0 saturated carbocycles. The first kappa shape index (κ1) is 18.1. The van der Waals surface area contributed by atoms with E-state index in [9.17, 15) is 9.18 Å². The van der Waals surface area contributed by atoms with Crippen LogP contribution >= 0.6 is 0 Å². The van der Waals surface area contributed by atoms with E-state index in [2.05, 4.69) is 10.3 Å². The van der Waals surface area contributed by atoms with Crippen LogP contribution in [0.5, 0.6) is 0 Å². The maximum atomic E-state index is 13.4. The minimum Gasteiger partial charge on any atom is -0.395 e. The molecule has 0 bridgehead atoms. The first-order chi connectivity index (χ1) is 13.7. The molecule has 0 radical (unpaired) electrons. The minimum atomic E-state index is -0.321. The van der Waals surface area contributed by atoms with Gasteiger partial charge in [-0.25, -0.2) is 9.07 Å². The fraction of sp³-hybridized carbons (Fsp3) is 0.143. The number of H-pyrrole nitrogens is 1. The summed E-state index contributed by atoms with van der Waals surface area (Å²) < 4.78 is 15.1. The van der Waals surface area contributed by atoms with Crippen LogP contribution in [0.25, 0.3) is 28.0 Å². The number of aromatic amines is 1. The Hall–Kier alpha value is -3.29. The summed E-state index contributed by atoms with van der Waals surface area (Å²) in [6, 6.07) is 17.4. The molecule has 4 rings (SSSR count). The lowest BCUT2D eigenvalue weighted by molar-refractivity contribution is 0.292. The molecule has 0 aliphatic heterocycles. The largest absolute Gasteiger partial charge is 0.395 e. The molecule has 0 aliphatic rings. The third kappa shape index (κ3) is 3.45. The zero-order valence-electron chi connectivity index (χ0n) is 15.0. The molecule has 0 saturated heterocycles. The molecule has 0 amide bonds. The molecule has 4 aromatic rings. The maximum absolute atomic E-state index is 13.4. The first-order valence-electron chi connectivity index (χ1n) is 8.95. The molecule has 0 spiro atoms. The minimum absolute atomic E-state index is 0.00703. The van der Waals surface area contributed by atoms with Gasteiger partial charge in [0.15, 0.2) is 0 Å². The smallest absolute Gasteiger partial charge is 0.254 e. The number of halogens is 1. The van der Waals surface area contributed by atoms with Crippen molar-refractivity contribution in [1.29, 1.82) is 0 Å². The summed E-state index contributed by atoms with van der Waals surface area (Å²) in [6.07, 6.45) is 0. The summed E-state index contributed by atoms with van der Waals surface area (Å²) in [5, 5.41) is 17.4. The van der Waals surface area contributed by atoms with Gasteiger partial charge in [0, 0.05) is 29.6 Å². The van der Waals surface area contributed by atoms with Gasteiger partial charge in [0.05, 0.1) is 12.3 Å². The van der Waals surface area contributed by atoms with Gasteiger partial charge >= 0.3 is 0 Å². The average Bonchev–Trinajstić information content (AvgIpc) is 3.08. The lowest BCUT2D eigenvalue weighted by atomic mass is 10.1. The van der Waals surface area contributed by atoms with Crippen LogP contribution in [0.1, 0.15) is 5.56 Å². The molecule has 2 heterocycles. The number of nitrogens with one attached hydrogen (secondary N) is 2. The summed E-state index contributed by atoms with van der Waals surface area (Å²) in [5.74, 6) is -0.321. The fourth-order valence-electron chi connectivity index (χ4n) is 3.13. The van der Waals surface area contributed by atoms with Gasteiger partial charge in [0.1, 0.15) is 17.2 Å². The number of pyridine rings is 1. The normalized spacial score (nSPS) is 11.2. The molecule has 0 unspecified atom stereocenters. The van der Waals surface area contributed by atoms with Gasteiger partial charge < -0.3 is 15.4 Å². The molecular formula is C21H19FN4O2. The number of hydrogen-bond acceptors (Lipinski definition) is 4. The second-order valence-electron chi connectivity index (χ2n) is 6.39. The van der Waals surface area contributed by atoms with Gasteiger partial charge in [-0.3, -0.25) is 4.79 Å². The topological polar surface area (TPSA) is 82.9 Å². The van der Waals surface area contributed by atoms with Crippen LogP contribution in [0.2, 0.25) is 0 Å². The zero-order valence-corrected chi connectivity index (χ0v) is 15.0. The molecule has 2 aromatic heterocycles. The Morgan fingerprint density at radius 1 is 1.11 bits per heavy atom. The molecule has 6 nitrogen and oxygen atoms in total. The van der Waals surface area contributed by atoms with E-state index in [1.165, 1.54) is 12.1 Å². The Kier molecular flexibility index (Phi) is 5.01. The Balaban J connectivity index is 1.92. The summed E-state index contributed by atoms with van der Waals surface area (Å²) >= 11 is 0. The van der Waals surface area contributed by atoms with Crippen LogP contribution in [-0.2, 0) is 6.54 Å². The highest BCUT2D eigenvalue weighted by atomic mass is 19.1. The lowest BCUT2D eigenvalue weighted by Gasteiger charge is -2.05. The lowest BCUT2D eigenvalue weighted by Crippen LogP contribution is -2.23. The number of nitrogens with zero attached hydrogens (tertiary/aromatic N) is 2. The Morgan fingerprint density at radius 3 is 2.57 bits per heavy atom. The van der Waals surface area contributed by atoms with Crippen LogP contribution in [0, 0.1) is 5.82 Å². The summed E-state index contributed by atoms with van der Waals surface area (Å²) in [5.41, 5.74) is 3.10. The number of fused-ring (bicyclic) bond motifs is 1. The fourth-order valence-corrected chi connectivity index (χ4v) is 3.13. The molecule has 0 aliphatic carbocycles. The van der Waals surface area contributed by atoms with E-state index < -0.39 is 0 Å². The number of aromatic nitrogens is 3. The summed E-state index contributed by atoms with van der Waals surface area (Å²) in [6.45, 7) is 0.712. The van der Waals surface area contributed by atoms with Crippen LogP contribution in [0.4, 0.5) is 4.39 Å². The number of benzene rings is 2.